The lowest BCUT2D eigenvalue weighted by atomic mass is 9.89. The highest BCUT2D eigenvalue weighted by Crippen LogP contribution is 2.32. The maximum absolute atomic E-state index is 12.2. The molecule has 1 aliphatic heterocycles. The molecular formula is C18H32N2O4. The number of hydrogen-bond donors (Lipinski definition) is 1. The highest BCUT2D eigenvalue weighted by Gasteiger charge is 2.40. The van der Waals surface area contributed by atoms with Gasteiger partial charge in [-0.15, -0.1) is 0 Å². The number of carbonyl (C=O) groups excluding carboxylic acids is 2. The average molecular weight is 340 g/mol. The zero-order chi connectivity index (χ0) is 17.9. The standard InChI is InChI=1S/C18H32N2O4/c1-12-7-6-8-15(12)20-10-9-14(13(11-20)16(21)23-5)19-17(22)24-18(2,3)4/h12-15H,6-11H2,1-5H3,(H,19,22). The lowest BCUT2D eigenvalue weighted by Gasteiger charge is -2.41. The number of rotatable bonds is 3. The van der Waals surface area contributed by atoms with Crippen LogP contribution >= 0.6 is 0 Å². The van der Waals surface area contributed by atoms with E-state index in [1.165, 1.54) is 26.4 Å². The van der Waals surface area contributed by atoms with Crippen LogP contribution in [-0.2, 0) is 14.3 Å². The molecule has 1 N–H and O–H groups in total. The molecule has 1 saturated heterocycles. The van der Waals surface area contributed by atoms with Gasteiger partial charge in [0.15, 0.2) is 0 Å². The minimum absolute atomic E-state index is 0.236. The highest BCUT2D eigenvalue weighted by molar-refractivity contribution is 5.75. The van der Waals surface area contributed by atoms with Crippen LogP contribution in [0.25, 0.3) is 0 Å². The molecule has 4 unspecified atom stereocenters. The molecule has 6 heteroatoms. The first-order valence-electron chi connectivity index (χ1n) is 9.02. The maximum atomic E-state index is 12.2. The summed E-state index contributed by atoms with van der Waals surface area (Å²) in [7, 11) is 1.41. The van der Waals surface area contributed by atoms with Gasteiger partial charge in [-0.3, -0.25) is 9.69 Å². The summed E-state index contributed by atoms with van der Waals surface area (Å²) in [5.41, 5.74) is -0.551. The Morgan fingerprint density at radius 3 is 2.42 bits per heavy atom. The van der Waals surface area contributed by atoms with E-state index < -0.39 is 11.7 Å². The Hall–Kier alpha value is -1.30. The van der Waals surface area contributed by atoms with Crippen LogP contribution in [0.5, 0.6) is 0 Å². The normalized spacial score (nSPS) is 31.5. The molecule has 0 aromatic heterocycles. The molecule has 2 aliphatic rings. The molecule has 0 radical (unpaired) electrons. The van der Waals surface area contributed by atoms with Crippen molar-refractivity contribution >= 4 is 12.1 Å². The van der Waals surface area contributed by atoms with E-state index in [9.17, 15) is 9.59 Å². The van der Waals surface area contributed by atoms with E-state index in [0.717, 1.165) is 13.0 Å². The number of carbonyl (C=O) groups is 2. The highest BCUT2D eigenvalue weighted by atomic mass is 16.6. The van der Waals surface area contributed by atoms with Crippen LogP contribution in [0.15, 0.2) is 0 Å². The minimum Gasteiger partial charge on any atom is -0.469 e. The Balaban J connectivity index is 2.01. The van der Waals surface area contributed by atoms with E-state index >= 15 is 0 Å². The van der Waals surface area contributed by atoms with E-state index in [2.05, 4.69) is 17.1 Å². The number of nitrogens with one attached hydrogen (secondary N) is 1. The number of esters is 1. The van der Waals surface area contributed by atoms with Crippen LogP contribution < -0.4 is 5.32 Å². The van der Waals surface area contributed by atoms with Gasteiger partial charge in [-0.05, 0) is 46.0 Å². The summed E-state index contributed by atoms with van der Waals surface area (Å²) in [5, 5.41) is 2.87. The van der Waals surface area contributed by atoms with Crippen molar-refractivity contribution in [1.29, 1.82) is 0 Å². The van der Waals surface area contributed by atoms with Crippen molar-refractivity contribution < 1.29 is 19.1 Å². The summed E-state index contributed by atoms with van der Waals surface area (Å²) >= 11 is 0. The SMILES string of the molecule is COC(=O)C1CN(C2CCCC2C)CCC1NC(=O)OC(C)(C)C. The lowest BCUT2D eigenvalue weighted by Crippen LogP contribution is -2.56. The summed E-state index contributed by atoms with van der Waals surface area (Å²) in [6.45, 7) is 9.30. The first-order chi connectivity index (χ1) is 11.2. The molecular weight excluding hydrogens is 308 g/mol. The van der Waals surface area contributed by atoms with Crippen LogP contribution in [0.1, 0.15) is 53.4 Å². The van der Waals surface area contributed by atoms with Crippen molar-refractivity contribution in [3.05, 3.63) is 0 Å². The summed E-state index contributed by atoms with van der Waals surface area (Å²) in [6.07, 6.45) is 3.97. The monoisotopic (exact) mass is 340 g/mol. The topological polar surface area (TPSA) is 67.9 Å². The second-order valence-electron chi connectivity index (χ2n) is 8.14. The molecule has 2 rings (SSSR count). The average Bonchev–Trinajstić information content (AvgIpc) is 2.91. The van der Waals surface area contributed by atoms with Crippen LogP contribution in [0.4, 0.5) is 4.79 Å². The van der Waals surface area contributed by atoms with E-state index in [-0.39, 0.29) is 17.9 Å². The molecule has 1 heterocycles. The second kappa shape index (κ2) is 7.72. The fraction of sp³-hybridized carbons (Fsp3) is 0.889. The van der Waals surface area contributed by atoms with Gasteiger partial charge in [0, 0.05) is 25.2 Å². The first-order valence-corrected chi connectivity index (χ1v) is 9.02. The smallest absolute Gasteiger partial charge is 0.407 e. The van der Waals surface area contributed by atoms with Gasteiger partial charge in [-0.25, -0.2) is 4.79 Å². The Morgan fingerprint density at radius 1 is 1.17 bits per heavy atom. The summed E-state index contributed by atoms with van der Waals surface area (Å²) in [6, 6.07) is 0.305. The number of amides is 1. The van der Waals surface area contributed by atoms with Gasteiger partial charge < -0.3 is 14.8 Å². The molecule has 0 aromatic rings. The number of hydrogen-bond acceptors (Lipinski definition) is 5. The molecule has 0 spiro atoms. The minimum atomic E-state index is -0.551. The molecule has 1 aliphatic carbocycles. The van der Waals surface area contributed by atoms with Crippen molar-refractivity contribution in [2.75, 3.05) is 20.2 Å². The van der Waals surface area contributed by atoms with Crippen molar-refractivity contribution in [3.63, 3.8) is 0 Å². The number of nitrogens with zero attached hydrogens (tertiary/aromatic N) is 1. The van der Waals surface area contributed by atoms with Crippen LogP contribution in [0.2, 0.25) is 0 Å². The van der Waals surface area contributed by atoms with Gasteiger partial charge in [0.2, 0.25) is 0 Å². The summed E-state index contributed by atoms with van der Waals surface area (Å²) in [4.78, 5) is 26.7. The number of piperidine rings is 1. The molecule has 24 heavy (non-hydrogen) atoms. The molecule has 1 saturated carbocycles. The van der Waals surface area contributed by atoms with Gasteiger partial charge in [-0.2, -0.15) is 0 Å². The molecule has 1 amide bonds. The Bertz CT molecular complexity index is 460. The second-order valence-corrected chi connectivity index (χ2v) is 8.14. The first kappa shape index (κ1) is 19.0. The van der Waals surface area contributed by atoms with Crippen molar-refractivity contribution in [2.24, 2.45) is 11.8 Å². The van der Waals surface area contributed by atoms with E-state index in [1.54, 1.807) is 0 Å². The van der Waals surface area contributed by atoms with E-state index in [1.807, 2.05) is 20.8 Å². The fourth-order valence-electron chi connectivity index (χ4n) is 3.97. The molecule has 2 fully saturated rings. The van der Waals surface area contributed by atoms with Gasteiger partial charge in [-0.1, -0.05) is 13.3 Å². The molecule has 4 atom stereocenters. The van der Waals surface area contributed by atoms with Crippen LogP contribution in [-0.4, -0.2) is 54.8 Å². The Labute approximate surface area is 145 Å². The largest absolute Gasteiger partial charge is 0.469 e. The molecule has 6 nitrogen and oxygen atoms in total. The molecule has 138 valence electrons. The van der Waals surface area contributed by atoms with Crippen LogP contribution in [0.3, 0.4) is 0 Å². The van der Waals surface area contributed by atoms with Crippen molar-refractivity contribution in [1.82, 2.24) is 10.2 Å². The third kappa shape index (κ3) is 4.85. The van der Waals surface area contributed by atoms with Gasteiger partial charge in [0.05, 0.1) is 13.0 Å². The van der Waals surface area contributed by atoms with Gasteiger partial charge in [0.25, 0.3) is 0 Å². The maximum Gasteiger partial charge on any atom is 0.407 e. The Morgan fingerprint density at radius 2 is 1.88 bits per heavy atom. The number of methoxy groups -OCH3 is 1. The summed E-state index contributed by atoms with van der Waals surface area (Å²) < 4.78 is 10.3. The zero-order valence-corrected chi connectivity index (χ0v) is 15.6. The number of ether oxygens (including phenoxy) is 2. The van der Waals surface area contributed by atoms with Gasteiger partial charge >= 0.3 is 12.1 Å². The summed E-state index contributed by atoms with van der Waals surface area (Å²) in [5.74, 6) is 0.0640. The third-order valence-electron chi connectivity index (χ3n) is 5.14. The number of likely N-dealkylation sites (tertiary alicyclic amines) is 1. The quantitative estimate of drug-likeness (QED) is 0.800. The van der Waals surface area contributed by atoms with E-state index in [0.29, 0.717) is 18.5 Å². The Kier molecular flexibility index (Phi) is 6.12. The van der Waals surface area contributed by atoms with Gasteiger partial charge in [0.1, 0.15) is 5.60 Å². The van der Waals surface area contributed by atoms with Crippen molar-refractivity contribution in [2.45, 2.75) is 71.1 Å². The molecule has 0 aromatic carbocycles. The zero-order valence-electron chi connectivity index (χ0n) is 15.6. The van der Waals surface area contributed by atoms with Crippen molar-refractivity contribution in [3.8, 4) is 0 Å². The lowest BCUT2D eigenvalue weighted by molar-refractivity contribution is -0.149. The predicted octanol–water partition coefficient (Wildman–Crippen LogP) is 2.56. The number of alkyl carbamates (subject to hydrolysis) is 1. The fourth-order valence-corrected chi connectivity index (χ4v) is 3.97. The van der Waals surface area contributed by atoms with E-state index in [4.69, 9.17) is 9.47 Å². The predicted molar refractivity (Wildman–Crippen MR) is 91.7 cm³/mol. The molecule has 0 bridgehead atoms. The van der Waals surface area contributed by atoms with Crippen LogP contribution in [0, 0.1) is 11.8 Å². The third-order valence-corrected chi connectivity index (χ3v) is 5.14.